The van der Waals surface area contributed by atoms with E-state index in [9.17, 15) is 9.59 Å². The summed E-state index contributed by atoms with van der Waals surface area (Å²) in [5.41, 5.74) is 1.21. The minimum absolute atomic E-state index is 0.276. The summed E-state index contributed by atoms with van der Waals surface area (Å²) in [5.74, 6) is -0.857. The summed E-state index contributed by atoms with van der Waals surface area (Å²) in [6.45, 7) is 0. The van der Waals surface area contributed by atoms with Crippen LogP contribution in [0.5, 0.6) is 0 Å². The molecule has 1 atom stereocenters. The Hall–Kier alpha value is -2.35. The Bertz CT molecular complexity index is 645. The number of nitrogens with one attached hydrogen (secondary N) is 2. The molecule has 0 saturated heterocycles. The molecular formula is C14H16N4O3S. The number of ether oxygens (including phenoxy) is 1. The molecule has 0 spiro atoms. The molecule has 0 aliphatic rings. The lowest BCUT2D eigenvalue weighted by atomic mass is 10.1. The quantitative estimate of drug-likeness (QED) is 0.610. The molecule has 0 radical (unpaired) electrons. The first kappa shape index (κ1) is 16.0. The van der Waals surface area contributed by atoms with Gasteiger partial charge in [-0.25, -0.2) is 9.78 Å². The number of H-pyrrole nitrogens is 1. The van der Waals surface area contributed by atoms with Gasteiger partial charge in [-0.1, -0.05) is 0 Å². The molecule has 2 N–H and O–H groups in total. The number of carbonyl (C=O) groups is 2. The van der Waals surface area contributed by atoms with Crippen molar-refractivity contribution >= 4 is 23.6 Å². The molecule has 1 amide bonds. The minimum Gasteiger partial charge on any atom is -0.467 e. The van der Waals surface area contributed by atoms with Crippen molar-refractivity contribution < 1.29 is 14.3 Å². The molecule has 2 aromatic heterocycles. The first-order valence-electron chi connectivity index (χ1n) is 6.49. The Morgan fingerprint density at radius 3 is 2.86 bits per heavy atom. The van der Waals surface area contributed by atoms with Gasteiger partial charge in [-0.05, 0) is 12.3 Å². The predicted octanol–water partition coefficient (Wildman–Crippen LogP) is 1.04. The maximum atomic E-state index is 12.4. The number of nitrogens with zero attached hydrogens (tertiary/aromatic N) is 2. The van der Waals surface area contributed by atoms with E-state index in [2.05, 4.69) is 20.3 Å². The van der Waals surface area contributed by atoms with E-state index in [-0.39, 0.29) is 12.3 Å². The monoisotopic (exact) mass is 320 g/mol. The molecule has 0 fully saturated rings. The van der Waals surface area contributed by atoms with Crippen LogP contribution in [0.1, 0.15) is 16.1 Å². The van der Waals surface area contributed by atoms with E-state index in [4.69, 9.17) is 4.74 Å². The Balaban J connectivity index is 2.15. The molecule has 116 valence electrons. The van der Waals surface area contributed by atoms with Crippen molar-refractivity contribution in [1.29, 1.82) is 0 Å². The highest BCUT2D eigenvalue weighted by Crippen LogP contribution is 2.18. The van der Waals surface area contributed by atoms with Crippen molar-refractivity contribution in [3.63, 3.8) is 0 Å². The summed E-state index contributed by atoms with van der Waals surface area (Å²) in [6.07, 6.45) is 8.40. The van der Waals surface area contributed by atoms with Gasteiger partial charge in [0.25, 0.3) is 5.91 Å². The van der Waals surface area contributed by atoms with Gasteiger partial charge >= 0.3 is 5.97 Å². The average Bonchev–Trinajstić information content (AvgIpc) is 3.06. The molecule has 2 aromatic rings. The van der Waals surface area contributed by atoms with Gasteiger partial charge in [-0.3, -0.25) is 9.78 Å². The molecular weight excluding hydrogens is 304 g/mol. The lowest BCUT2D eigenvalue weighted by Gasteiger charge is -2.16. The van der Waals surface area contributed by atoms with Crippen LogP contribution in [0.4, 0.5) is 0 Å². The maximum Gasteiger partial charge on any atom is 0.328 e. The summed E-state index contributed by atoms with van der Waals surface area (Å²) < 4.78 is 4.75. The molecule has 0 aliphatic heterocycles. The fraction of sp³-hybridized carbons (Fsp3) is 0.286. The minimum atomic E-state index is -0.791. The Kier molecular flexibility index (Phi) is 5.54. The Labute approximate surface area is 131 Å². The number of aromatic nitrogens is 3. The smallest absolute Gasteiger partial charge is 0.328 e. The third-order valence-corrected chi connectivity index (χ3v) is 3.78. The van der Waals surface area contributed by atoms with Crippen molar-refractivity contribution in [2.24, 2.45) is 0 Å². The number of imidazole rings is 1. The lowest BCUT2D eigenvalue weighted by Crippen LogP contribution is -2.43. The van der Waals surface area contributed by atoms with Gasteiger partial charge in [0.1, 0.15) is 6.04 Å². The zero-order valence-electron chi connectivity index (χ0n) is 12.2. The normalized spacial score (nSPS) is 11.7. The molecule has 2 heterocycles. The van der Waals surface area contributed by atoms with Gasteiger partial charge in [-0.2, -0.15) is 0 Å². The number of aromatic amines is 1. The number of carbonyl (C=O) groups excluding carboxylic acids is 2. The van der Waals surface area contributed by atoms with Crippen molar-refractivity contribution in [3.05, 3.63) is 42.2 Å². The molecule has 2 rings (SSSR count). The summed E-state index contributed by atoms with van der Waals surface area (Å²) in [6, 6.07) is 0.826. The number of pyridine rings is 1. The van der Waals surface area contributed by atoms with Gasteiger partial charge in [0.2, 0.25) is 0 Å². The topological polar surface area (TPSA) is 97.0 Å². The highest BCUT2D eigenvalue weighted by molar-refractivity contribution is 7.98. The third kappa shape index (κ3) is 3.85. The number of hydrogen-bond acceptors (Lipinski definition) is 6. The highest BCUT2D eigenvalue weighted by atomic mass is 32.2. The summed E-state index contributed by atoms with van der Waals surface area (Å²) in [4.78, 5) is 35.8. The molecule has 7 nitrogen and oxygen atoms in total. The van der Waals surface area contributed by atoms with E-state index >= 15 is 0 Å². The van der Waals surface area contributed by atoms with Crippen molar-refractivity contribution in [3.8, 4) is 0 Å². The maximum absolute atomic E-state index is 12.4. The summed E-state index contributed by atoms with van der Waals surface area (Å²) in [5, 5.41) is 2.69. The van der Waals surface area contributed by atoms with Crippen LogP contribution < -0.4 is 5.32 Å². The number of thioether (sulfide) groups is 1. The van der Waals surface area contributed by atoms with E-state index in [1.54, 1.807) is 18.5 Å². The van der Waals surface area contributed by atoms with Crippen molar-refractivity contribution in [2.75, 3.05) is 13.4 Å². The van der Waals surface area contributed by atoms with Crippen LogP contribution in [0.3, 0.4) is 0 Å². The Morgan fingerprint density at radius 1 is 1.41 bits per heavy atom. The van der Waals surface area contributed by atoms with Gasteiger partial charge in [0.15, 0.2) is 0 Å². The largest absolute Gasteiger partial charge is 0.467 e. The second-order valence-corrected chi connectivity index (χ2v) is 5.25. The van der Waals surface area contributed by atoms with Gasteiger partial charge in [-0.15, -0.1) is 11.8 Å². The average molecular weight is 320 g/mol. The molecule has 0 saturated carbocycles. The highest BCUT2D eigenvalue weighted by Gasteiger charge is 2.24. The van der Waals surface area contributed by atoms with Crippen LogP contribution in [0.2, 0.25) is 0 Å². The summed E-state index contributed by atoms with van der Waals surface area (Å²) in [7, 11) is 1.29. The fourth-order valence-corrected chi connectivity index (χ4v) is 2.46. The van der Waals surface area contributed by atoms with Crippen LogP contribution in [-0.4, -0.2) is 46.2 Å². The molecule has 0 unspecified atom stereocenters. The molecule has 22 heavy (non-hydrogen) atoms. The SMILES string of the molecule is COC(=O)[C@@H](Cc1cnc[nH]1)NC(=O)c1ccncc1SC. The zero-order chi connectivity index (χ0) is 15.9. The molecule has 0 aliphatic carbocycles. The van der Waals surface area contributed by atoms with Crippen LogP contribution >= 0.6 is 11.8 Å². The van der Waals surface area contributed by atoms with Crippen LogP contribution in [0.15, 0.2) is 35.9 Å². The van der Waals surface area contributed by atoms with Crippen LogP contribution in [0, 0.1) is 0 Å². The van der Waals surface area contributed by atoms with Gasteiger partial charge < -0.3 is 15.0 Å². The molecule has 0 bridgehead atoms. The predicted molar refractivity (Wildman–Crippen MR) is 81.6 cm³/mol. The molecule has 0 aromatic carbocycles. The van der Waals surface area contributed by atoms with E-state index in [0.717, 1.165) is 10.6 Å². The van der Waals surface area contributed by atoms with Gasteiger partial charge in [0.05, 0.1) is 19.0 Å². The van der Waals surface area contributed by atoms with E-state index < -0.39 is 12.0 Å². The number of rotatable bonds is 6. The van der Waals surface area contributed by atoms with E-state index in [0.29, 0.717) is 5.56 Å². The second-order valence-electron chi connectivity index (χ2n) is 4.41. The lowest BCUT2D eigenvalue weighted by molar-refractivity contribution is -0.142. The van der Waals surface area contributed by atoms with Crippen molar-refractivity contribution in [1.82, 2.24) is 20.3 Å². The van der Waals surface area contributed by atoms with Crippen LogP contribution in [0.25, 0.3) is 0 Å². The second kappa shape index (κ2) is 7.60. The van der Waals surface area contributed by atoms with Gasteiger partial charge in [0, 0.05) is 35.6 Å². The van der Waals surface area contributed by atoms with E-state index in [1.807, 2.05) is 6.26 Å². The van der Waals surface area contributed by atoms with Crippen molar-refractivity contribution in [2.45, 2.75) is 17.4 Å². The first-order valence-corrected chi connectivity index (χ1v) is 7.72. The molecule has 8 heteroatoms. The van der Waals surface area contributed by atoms with E-state index in [1.165, 1.54) is 31.4 Å². The Morgan fingerprint density at radius 2 is 2.23 bits per heavy atom. The zero-order valence-corrected chi connectivity index (χ0v) is 13.0. The number of hydrogen-bond donors (Lipinski definition) is 2. The number of methoxy groups -OCH3 is 1. The summed E-state index contributed by atoms with van der Waals surface area (Å²) >= 11 is 1.41. The number of amides is 1. The van der Waals surface area contributed by atoms with Crippen LogP contribution in [-0.2, 0) is 16.0 Å². The fourth-order valence-electron chi connectivity index (χ4n) is 1.92. The third-order valence-electron chi connectivity index (χ3n) is 3.02. The first-order chi connectivity index (χ1) is 10.7. The standard InChI is InChI=1S/C14H16N4O3S/c1-21-14(20)11(5-9-6-16-8-17-9)18-13(19)10-3-4-15-7-12(10)22-2/h3-4,6-8,11H,5H2,1-2H3,(H,16,17)(H,18,19)/t11-/m1/s1. The number of esters is 1.